The van der Waals surface area contributed by atoms with Crippen molar-refractivity contribution in [2.24, 2.45) is 0 Å². The van der Waals surface area contributed by atoms with Gasteiger partial charge in [-0.1, -0.05) is 39.1 Å². The molecule has 128 valence electrons. The molecule has 0 spiro atoms. The summed E-state index contributed by atoms with van der Waals surface area (Å²) in [7, 11) is 0. The molecule has 0 fully saturated rings. The molecule has 1 aliphatic heterocycles. The van der Waals surface area contributed by atoms with Gasteiger partial charge in [-0.15, -0.1) is 0 Å². The summed E-state index contributed by atoms with van der Waals surface area (Å²) in [6, 6.07) is 1.71. The van der Waals surface area contributed by atoms with Gasteiger partial charge in [0.2, 0.25) is 5.91 Å². The number of aromatic amines is 1. The molecule has 3 rings (SSSR count). The van der Waals surface area contributed by atoms with Crippen molar-refractivity contribution in [1.29, 1.82) is 0 Å². The first kappa shape index (κ1) is 17.6. The van der Waals surface area contributed by atoms with Gasteiger partial charge in [-0.25, -0.2) is 0 Å². The highest BCUT2D eigenvalue weighted by atomic mass is 79.9. The first-order chi connectivity index (χ1) is 11.4. The number of carbonyl (C=O) groups is 2. The highest BCUT2D eigenvalue weighted by Gasteiger charge is 2.29. The number of aromatic nitrogens is 1. The molecular weight excluding hydrogens is 419 g/mol. The first-order valence-corrected chi connectivity index (χ1v) is 9.07. The van der Waals surface area contributed by atoms with Gasteiger partial charge in [-0.3, -0.25) is 9.59 Å². The van der Waals surface area contributed by atoms with Gasteiger partial charge in [-0.05, 0) is 18.6 Å². The molecule has 0 radical (unpaired) electrons. The quantitative estimate of drug-likeness (QED) is 0.568. The summed E-state index contributed by atoms with van der Waals surface area (Å²) in [6.07, 6.45) is 0.391. The number of H-pyrrole nitrogens is 1. The monoisotopic (exact) mass is 432 g/mol. The Hall–Kier alpha value is -1.24. The van der Waals surface area contributed by atoms with Gasteiger partial charge >= 0.3 is 5.97 Å². The number of amides is 1. The van der Waals surface area contributed by atoms with E-state index < -0.39 is 0 Å². The van der Waals surface area contributed by atoms with Crippen molar-refractivity contribution >= 4 is 61.9 Å². The average Bonchev–Trinajstić information content (AvgIpc) is 2.82. The van der Waals surface area contributed by atoms with Crippen LogP contribution in [-0.2, 0) is 20.7 Å². The van der Waals surface area contributed by atoms with Crippen LogP contribution in [0.1, 0.15) is 30.5 Å². The van der Waals surface area contributed by atoms with Crippen LogP contribution in [0.3, 0.4) is 0 Å². The summed E-state index contributed by atoms with van der Waals surface area (Å²) in [5.41, 5.74) is 2.32. The molecule has 1 aliphatic rings. The van der Waals surface area contributed by atoms with Crippen molar-refractivity contribution in [2.75, 3.05) is 13.2 Å². The van der Waals surface area contributed by atoms with Crippen LogP contribution in [0.25, 0.3) is 10.9 Å². The summed E-state index contributed by atoms with van der Waals surface area (Å²) >= 11 is 16.0. The predicted molar refractivity (Wildman–Crippen MR) is 96.7 cm³/mol. The molecular formula is C16H15BrCl2N2O3. The lowest BCUT2D eigenvalue weighted by atomic mass is 9.97. The maximum absolute atomic E-state index is 12.1. The molecule has 0 unspecified atom stereocenters. The molecule has 0 saturated carbocycles. The largest absolute Gasteiger partial charge is 0.466 e. The Bertz CT molecular complexity index is 835. The fourth-order valence-corrected chi connectivity index (χ4v) is 4.24. The van der Waals surface area contributed by atoms with E-state index in [1.807, 2.05) is 0 Å². The molecule has 1 atom stereocenters. The molecule has 2 N–H and O–H groups in total. The van der Waals surface area contributed by atoms with Crippen molar-refractivity contribution < 1.29 is 14.3 Å². The minimum atomic E-state index is -0.300. The molecule has 0 aliphatic carbocycles. The van der Waals surface area contributed by atoms with E-state index in [4.69, 9.17) is 27.9 Å². The predicted octanol–water partition coefficient (Wildman–Crippen LogP) is 3.95. The van der Waals surface area contributed by atoms with Gasteiger partial charge in [0.25, 0.3) is 0 Å². The molecule has 0 bridgehead atoms. The Morgan fingerprint density at radius 1 is 1.46 bits per heavy atom. The smallest absolute Gasteiger partial charge is 0.306 e. The molecule has 1 aromatic carbocycles. The highest BCUT2D eigenvalue weighted by Crippen LogP contribution is 2.41. The molecule has 2 aromatic rings. The molecule has 5 nitrogen and oxygen atoms in total. The van der Waals surface area contributed by atoms with Crippen molar-refractivity contribution in [1.82, 2.24) is 10.3 Å². The Balaban J connectivity index is 2.15. The fraction of sp³-hybridized carbons (Fsp3) is 0.375. The van der Waals surface area contributed by atoms with Gasteiger partial charge in [0.15, 0.2) is 0 Å². The number of carbonyl (C=O) groups excluding carboxylic acids is 2. The first-order valence-electron chi connectivity index (χ1n) is 7.52. The standard InChI is InChI=1S/C16H15BrCl2N2O3/c1-2-24-12(23)3-7-6-20-11(22)4-8-13-9(17)5-10(18)14(19)16(13)21-15(7)8/h5,7,21H,2-4,6H2,1H3,(H,20,22)/t7-/m1/s1. The Morgan fingerprint density at radius 3 is 2.92 bits per heavy atom. The van der Waals surface area contributed by atoms with E-state index in [0.717, 1.165) is 21.1 Å². The van der Waals surface area contributed by atoms with Gasteiger partial charge in [-0.2, -0.15) is 0 Å². The second kappa shape index (κ2) is 6.94. The van der Waals surface area contributed by atoms with Gasteiger partial charge < -0.3 is 15.0 Å². The topological polar surface area (TPSA) is 71.2 Å². The summed E-state index contributed by atoms with van der Waals surface area (Å²) in [5.74, 6) is -0.604. The third-order valence-corrected chi connectivity index (χ3v) is 5.48. The van der Waals surface area contributed by atoms with Crippen LogP contribution in [0, 0.1) is 0 Å². The molecule has 1 amide bonds. The number of benzene rings is 1. The van der Waals surface area contributed by atoms with Gasteiger partial charge in [0, 0.05) is 28.0 Å². The zero-order valence-corrected chi connectivity index (χ0v) is 15.9. The zero-order valence-electron chi connectivity index (χ0n) is 12.8. The van der Waals surface area contributed by atoms with Crippen LogP contribution in [-0.4, -0.2) is 30.0 Å². The molecule has 24 heavy (non-hydrogen) atoms. The SMILES string of the molecule is CCOC(=O)C[C@@H]1CNC(=O)Cc2c1[nH]c1c(Cl)c(Cl)cc(Br)c21. The lowest BCUT2D eigenvalue weighted by molar-refractivity contribution is -0.143. The number of nitrogens with one attached hydrogen (secondary N) is 2. The van der Waals surface area contributed by atoms with E-state index in [9.17, 15) is 9.59 Å². The summed E-state index contributed by atoms with van der Waals surface area (Å²) in [4.78, 5) is 27.3. The number of halogens is 3. The third-order valence-electron chi connectivity index (χ3n) is 4.07. The normalized spacial score (nSPS) is 17.3. The maximum Gasteiger partial charge on any atom is 0.306 e. The second-order valence-electron chi connectivity index (χ2n) is 5.61. The number of ether oxygens (including phenoxy) is 1. The average molecular weight is 434 g/mol. The summed E-state index contributed by atoms with van der Waals surface area (Å²) < 4.78 is 5.80. The Labute approximate surface area is 157 Å². The number of rotatable bonds is 3. The van der Waals surface area contributed by atoms with Crippen LogP contribution < -0.4 is 5.32 Å². The Morgan fingerprint density at radius 2 is 2.21 bits per heavy atom. The summed E-state index contributed by atoms with van der Waals surface area (Å²) in [6.45, 7) is 2.45. The minimum absolute atomic E-state index is 0.0959. The van der Waals surface area contributed by atoms with E-state index in [2.05, 4.69) is 26.2 Å². The second-order valence-corrected chi connectivity index (χ2v) is 7.25. The molecule has 2 heterocycles. The van der Waals surface area contributed by atoms with Crippen molar-refractivity contribution in [2.45, 2.75) is 25.7 Å². The molecule has 0 saturated heterocycles. The van der Waals surface area contributed by atoms with E-state index in [1.54, 1.807) is 13.0 Å². The van der Waals surface area contributed by atoms with Crippen molar-refractivity contribution in [3.05, 3.63) is 31.8 Å². The summed E-state index contributed by atoms with van der Waals surface area (Å²) in [5, 5.41) is 4.49. The van der Waals surface area contributed by atoms with Crippen molar-refractivity contribution in [3.63, 3.8) is 0 Å². The third kappa shape index (κ3) is 3.15. The number of esters is 1. The Kier molecular flexibility index (Phi) is 5.08. The lowest BCUT2D eigenvalue weighted by Crippen LogP contribution is -2.27. The van der Waals surface area contributed by atoms with Crippen LogP contribution in [0.2, 0.25) is 10.0 Å². The van der Waals surface area contributed by atoms with E-state index in [-0.39, 0.29) is 30.6 Å². The van der Waals surface area contributed by atoms with Crippen LogP contribution in [0.5, 0.6) is 0 Å². The molecule has 8 heteroatoms. The van der Waals surface area contributed by atoms with E-state index in [0.29, 0.717) is 28.7 Å². The zero-order chi connectivity index (χ0) is 17.4. The van der Waals surface area contributed by atoms with Crippen LogP contribution >= 0.6 is 39.1 Å². The molecule has 1 aromatic heterocycles. The van der Waals surface area contributed by atoms with Gasteiger partial charge in [0.05, 0.1) is 35.0 Å². The number of hydrogen-bond acceptors (Lipinski definition) is 3. The van der Waals surface area contributed by atoms with Crippen LogP contribution in [0.4, 0.5) is 0 Å². The van der Waals surface area contributed by atoms with Crippen molar-refractivity contribution in [3.8, 4) is 0 Å². The van der Waals surface area contributed by atoms with E-state index >= 15 is 0 Å². The minimum Gasteiger partial charge on any atom is -0.466 e. The van der Waals surface area contributed by atoms with Gasteiger partial charge in [0.1, 0.15) is 0 Å². The number of fused-ring (bicyclic) bond motifs is 3. The maximum atomic E-state index is 12.1. The number of hydrogen-bond donors (Lipinski definition) is 2. The highest BCUT2D eigenvalue weighted by molar-refractivity contribution is 9.10. The van der Waals surface area contributed by atoms with E-state index in [1.165, 1.54) is 0 Å². The lowest BCUT2D eigenvalue weighted by Gasteiger charge is -2.14. The van der Waals surface area contributed by atoms with Crippen LogP contribution in [0.15, 0.2) is 10.5 Å². The fourth-order valence-electron chi connectivity index (χ4n) is 3.04.